The molecule has 0 radical (unpaired) electrons. The van der Waals surface area contributed by atoms with E-state index < -0.39 is 12.0 Å². The van der Waals surface area contributed by atoms with Crippen molar-refractivity contribution in [1.82, 2.24) is 15.1 Å². The molecule has 0 heterocycles. The number of nitrogens with one attached hydrogen (secondary N) is 1. The van der Waals surface area contributed by atoms with Gasteiger partial charge in [0.15, 0.2) is 0 Å². The maximum Gasteiger partial charge on any atom is 0.326 e. The van der Waals surface area contributed by atoms with Gasteiger partial charge in [-0.15, -0.1) is 0 Å². The van der Waals surface area contributed by atoms with Crippen LogP contribution in [-0.2, 0) is 4.79 Å². The molecule has 0 aliphatic rings. The molecule has 0 fully saturated rings. The smallest absolute Gasteiger partial charge is 0.326 e. The summed E-state index contributed by atoms with van der Waals surface area (Å²) in [6.45, 7) is 7.95. The van der Waals surface area contributed by atoms with E-state index in [0.717, 1.165) is 13.0 Å². The Bertz CT molecular complexity index is 306. The Morgan fingerprint density at radius 2 is 1.80 bits per heavy atom. The molecule has 6 heteroatoms. The number of carbonyl (C=O) groups excluding carboxylic acids is 1. The third-order valence-electron chi connectivity index (χ3n) is 2.86. The minimum Gasteiger partial charge on any atom is -0.480 e. The molecule has 0 aromatic rings. The third kappa shape index (κ3) is 7.99. The number of amides is 2. The quantitative estimate of drug-likeness (QED) is 0.673. The fourth-order valence-corrected chi connectivity index (χ4v) is 1.82. The maximum atomic E-state index is 12.2. The summed E-state index contributed by atoms with van der Waals surface area (Å²) >= 11 is 0. The zero-order chi connectivity index (χ0) is 15.7. The number of likely N-dealkylation sites (N-methyl/N-ethyl adjacent to an activating group) is 1. The summed E-state index contributed by atoms with van der Waals surface area (Å²) in [5.41, 5.74) is 0. The van der Waals surface area contributed by atoms with Gasteiger partial charge in [0.25, 0.3) is 0 Å². The highest BCUT2D eigenvalue weighted by Crippen LogP contribution is 2.03. The molecule has 0 aromatic carbocycles. The molecular weight excluding hydrogens is 258 g/mol. The lowest BCUT2D eigenvalue weighted by Gasteiger charge is -2.27. The molecule has 0 saturated heterocycles. The Morgan fingerprint density at radius 3 is 2.20 bits per heavy atom. The number of carboxylic acids is 1. The van der Waals surface area contributed by atoms with Crippen molar-refractivity contribution in [2.24, 2.45) is 5.92 Å². The number of hydrogen-bond donors (Lipinski definition) is 2. The standard InChI is InChI=1S/C14H29N3O3/c1-6-7-12(13(18)19)15-14(20)17(10-11(2)3)9-8-16(4)5/h11-12H,6-10H2,1-5H3,(H,15,20)(H,18,19)/t12-/m1/s1. The van der Waals surface area contributed by atoms with E-state index in [2.05, 4.69) is 5.32 Å². The van der Waals surface area contributed by atoms with Crippen molar-refractivity contribution < 1.29 is 14.7 Å². The van der Waals surface area contributed by atoms with Crippen molar-refractivity contribution >= 4 is 12.0 Å². The Morgan fingerprint density at radius 1 is 1.20 bits per heavy atom. The van der Waals surface area contributed by atoms with Crippen LogP contribution in [0.3, 0.4) is 0 Å². The maximum absolute atomic E-state index is 12.2. The van der Waals surface area contributed by atoms with Crippen molar-refractivity contribution in [3.8, 4) is 0 Å². The van der Waals surface area contributed by atoms with Crippen LogP contribution in [0.15, 0.2) is 0 Å². The Hall–Kier alpha value is -1.30. The van der Waals surface area contributed by atoms with E-state index in [4.69, 9.17) is 5.11 Å². The van der Waals surface area contributed by atoms with Gasteiger partial charge < -0.3 is 20.2 Å². The van der Waals surface area contributed by atoms with Gasteiger partial charge in [0.2, 0.25) is 0 Å². The van der Waals surface area contributed by atoms with Gasteiger partial charge in [0, 0.05) is 19.6 Å². The summed E-state index contributed by atoms with van der Waals surface area (Å²) < 4.78 is 0. The first kappa shape index (κ1) is 18.7. The summed E-state index contributed by atoms with van der Waals surface area (Å²) in [4.78, 5) is 27.0. The third-order valence-corrected chi connectivity index (χ3v) is 2.86. The van der Waals surface area contributed by atoms with Crippen molar-refractivity contribution in [2.45, 2.75) is 39.7 Å². The molecule has 20 heavy (non-hydrogen) atoms. The van der Waals surface area contributed by atoms with Gasteiger partial charge in [-0.1, -0.05) is 27.2 Å². The van der Waals surface area contributed by atoms with E-state index in [0.29, 0.717) is 25.4 Å². The Balaban J connectivity index is 4.61. The van der Waals surface area contributed by atoms with E-state index in [-0.39, 0.29) is 6.03 Å². The van der Waals surface area contributed by atoms with E-state index in [1.165, 1.54) is 0 Å². The second kappa shape index (κ2) is 9.58. The van der Waals surface area contributed by atoms with Gasteiger partial charge in [-0.05, 0) is 26.4 Å². The number of rotatable bonds is 9. The molecule has 0 rings (SSSR count). The summed E-state index contributed by atoms with van der Waals surface area (Å²) in [6, 6.07) is -1.09. The van der Waals surface area contributed by atoms with Crippen LogP contribution in [0.1, 0.15) is 33.6 Å². The van der Waals surface area contributed by atoms with Gasteiger partial charge in [0.05, 0.1) is 0 Å². The van der Waals surface area contributed by atoms with Crippen molar-refractivity contribution in [1.29, 1.82) is 0 Å². The first-order chi connectivity index (χ1) is 9.27. The van der Waals surface area contributed by atoms with Crippen molar-refractivity contribution in [3.05, 3.63) is 0 Å². The van der Waals surface area contributed by atoms with Crippen LogP contribution in [-0.4, -0.2) is 66.7 Å². The lowest BCUT2D eigenvalue weighted by molar-refractivity contribution is -0.139. The van der Waals surface area contributed by atoms with Crippen molar-refractivity contribution in [3.63, 3.8) is 0 Å². The minimum atomic E-state index is -0.975. The van der Waals surface area contributed by atoms with Crippen LogP contribution in [0, 0.1) is 5.92 Å². The second-order valence-corrected chi connectivity index (χ2v) is 5.77. The molecule has 2 amide bonds. The molecule has 0 spiro atoms. The van der Waals surface area contributed by atoms with Crippen LogP contribution >= 0.6 is 0 Å². The van der Waals surface area contributed by atoms with Gasteiger partial charge in [-0.3, -0.25) is 0 Å². The highest BCUT2D eigenvalue weighted by molar-refractivity contribution is 5.82. The highest BCUT2D eigenvalue weighted by atomic mass is 16.4. The van der Waals surface area contributed by atoms with Gasteiger partial charge >= 0.3 is 12.0 Å². The Kier molecular flexibility index (Phi) is 8.96. The molecule has 0 bridgehead atoms. The number of urea groups is 1. The number of carboxylic acid groups (broad SMARTS) is 1. The number of nitrogens with zero attached hydrogens (tertiary/aromatic N) is 2. The summed E-state index contributed by atoms with van der Waals surface area (Å²) in [7, 11) is 3.89. The fraction of sp³-hybridized carbons (Fsp3) is 0.857. The zero-order valence-electron chi connectivity index (χ0n) is 13.3. The molecule has 1 atom stereocenters. The fourth-order valence-electron chi connectivity index (χ4n) is 1.82. The summed E-state index contributed by atoms with van der Waals surface area (Å²) in [6.07, 6.45) is 1.17. The average molecular weight is 287 g/mol. The first-order valence-corrected chi connectivity index (χ1v) is 7.20. The van der Waals surface area contributed by atoms with Crippen LogP contribution in [0.25, 0.3) is 0 Å². The zero-order valence-corrected chi connectivity index (χ0v) is 13.3. The van der Waals surface area contributed by atoms with E-state index >= 15 is 0 Å². The molecule has 0 unspecified atom stereocenters. The molecule has 6 nitrogen and oxygen atoms in total. The molecule has 0 aromatic heterocycles. The normalized spacial score (nSPS) is 12.6. The van der Waals surface area contributed by atoms with Crippen LogP contribution in [0.5, 0.6) is 0 Å². The number of aliphatic carboxylic acids is 1. The van der Waals surface area contributed by atoms with Crippen molar-refractivity contribution in [2.75, 3.05) is 33.7 Å². The summed E-state index contributed by atoms with van der Waals surface area (Å²) in [5, 5.41) is 11.7. The number of hydrogen-bond acceptors (Lipinski definition) is 3. The molecular formula is C14H29N3O3. The largest absolute Gasteiger partial charge is 0.480 e. The molecule has 0 saturated carbocycles. The second-order valence-electron chi connectivity index (χ2n) is 5.77. The van der Waals surface area contributed by atoms with Gasteiger partial charge in [0.1, 0.15) is 6.04 Å². The monoisotopic (exact) mass is 287 g/mol. The lowest BCUT2D eigenvalue weighted by Crippen LogP contribution is -2.50. The van der Waals surface area contributed by atoms with Crippen LogP contribution in [0.2, 0.25) is 0 Å². The number of carbonyl (C=O) groups is 2. The van der Waals surface area contributed by atoms with Gasteiger partial charge in [-0.25, -0.2) is 9.59 Å². The molecule has 0 aliphatic heterocycles. The first-order valence-electron chi connectivity index (χ1n) is 7.20. The average Bonchev–Trinajstić information content (AvgIpc) is 2.32. The lowest BCUT2D eigenvalue weighted by atomic mass is 10.1. The van der Waals surface area contributed by atoms with E-state index in [1.54, 1.807) is 4.90 Å². The molecule has 2 N–H and O–H groups in total. The van der Waals surface area contributed by atoms with Crippen LogP contribution < -0.4 is 5.32 Å². The molecule has 118 valence electrons. The SMILES string of the molecule is CCC[C@@H](NC(=O)N(CCN(C)C)CC(C)C)C(=O)O. The minimum absolute atomic E-state index is 0.290. The summed E-state index contributed by atoms with van der Waals surface area (Å²) in [5.74, 6) is -0.630. The predicted octanol–water partition coefficient (Wildman–Crippen LogP) is 1.47. The van der Waals surface area contributed by atoms with E-state index in [1.807, 2.05) is 39.8 Å². The molecule has 0 aliphatic carbocycles. The van der Waals surface area contributed by atoms with Gasteiger partial charge in [-0.2, -0.15) is 0 Å². The van der Waals surface area contributed by atoms with E-state index in [9.17, 15) is 9.59 Å². The Labute approximate surface area is 122 Å². The van der Waals surface area contributed by atoms with Crippen LogP contribution in [0.4, 0.5) is 4.79 Å². The highest BCUT2D eigenvalue weighted by Gasteiger charge is 2.22. The predicted molar refractivity (Wildman–Crippen MR) is 79.8 cm³/mol. The topological polar surface area (TPSA) is 72.9 Å².